The number of hydrogen-bond acceptors (Lipinski definition) is 3. The predicted octanol–water partition coefficient (Wildman–Crippen LogP) is 3.21. The number of aromatic nitrogens is 1. The molecule has 0 aliphatic heterocycles. The van der Waals surface area contributed by atoms with E-state index < -0.39 is 0 Å². The molecule has 0 saturated heterocycles. The van der Waals surface area contributed by atoms with Gasteiger partial charge in [0.05, 0.1) is 24.8 Å². The molecule has 0 aliphatic rings. The maximum Gasteiger partial charge on any atom is 0.119 e. The Morgan fingerprint density at radius 2 is 2.00 bits per heavy atom. The van der Waals surface area contributed by atoms with Crippen LogP contribution < -0.4 is 4.74 Å². The van der Waals surface area contributed by atoms with E-state index in [4.69, 9.17) is 10.00 Å². The standard InChI is InChI=1S/C15H14N2O/c1-2-18-14-5-3-13(4-6-14)15-11-12(7-9-16)8-10-17-15/h3-6,8,10-11H,2,7H2,1H3. The fourth-order valence-corrected chi connectivity index (χ4v) is 1.72. The Balaban J connectivity index is 2.25. The van der Waals surface area contributed by atoms with Crippen molar-refractivity contribution in [3.63, 3.8) is 0 Å². The van der Waals surface area contributed by atoms with Crippen molar-refractivity contribution in [2.45, 2.75) is 13.3 Å². The smallest absolute Gasteiger partial charge is 0.119 e. The molecule has 2 rings (SSSR count). The molecule has 0 spiro atoms. The molecule has 18 heavy (non-hydrogen) atoms. The summed E-state index contributed by atoms with van der Waals surface area (Å²) >= 11 is 0. The van der Waals surface area contributed by atoms with Crippen molar-refractivity contribution < 1.29 is 4.74 Å². The Bertz CT molecular complexity index is 555. The van der Waals surface area contributed by atoms with E-state index in [9.17, 15) is 0 Å². The summed E-state index contributed by atoms with van der Waals surface area (Å²) in [7, 11) is 0. The summed E-state index contributed by atoms with van der Waals surface area (Å²) in [5, 5.41) is 8.69. The molecule has 0 atom stereocenters. The van der Waals surface area contributed by atoms with Gasteiger partial charge in [0.2, 0.25) is 0 Å². The largest absolute Gasteiger partial charge is 0.494 e. The summed E-state index contributed by atoms with van der Waals surface area (Å²) in [5.41, 5.74) is 2.89. The van der Waals surface area contributed by atoms with E-state index >= 15 is 0 Å². The molecular formula is C15H14N2O. The molecule has 3 nitrogen and oxygen atoms in total. The van der Waals surface area contributed by atoms with Crippen LogP contribution in [0.15, 0.2) is 42.6 Å². The van der Waals surface area contributed by atoms with Crippen molar-refractivity contribution >= 4 is 0 Å². The SMILES string of the molecule is CCOc1ccc(-c2cc(CC#N)ccn2)cc1. The second kappa shape index (κ2) is 5.83. The van der Waals surface area contributed by atoms with Gasteiger partial charge in [-0.25, -0.2) is 0 Å². The van der Waals surface area contributed by atoms with Gasteiger partial charge >= 0.3 is 0 Å². The quantitative estimate of drug-likeness (QED) is 0.821. The first-order valence-corrected chi connectivity index (χ1v) is 5.88. The van der Waals surface area contributed by atoms with Crippen molar-refractivity contribution in [3.05, 3.63) is 48.2 Å². The van der Waals surface area contributed by atoms with Crippen molar-refractivity contribution in [3.8, 4) is 23.1 Å². The number of benzene rings is 1. The molecule has 0 unspecified atom stereocenters. The van der Waals surface area contributed by atoms with Crippen LogP contribution in [0.4, 0.5) is 0 Å². The molecule has 1 aromatic carbocycles. The van der Waals surface area contributed by atoms with Crippen LogP contribution in [0.25, 0.3) is 11.3 Å². The topological polar surface area (TPSA) is 45.9 Å². The highest BCUT2D eigenvalue weighted by molar-refractivity contribution is 5.60. The second-order valence-electron chi connectivity index (χ2n) is 3.84. The minimum Gasteiger partial charge on any atom is -0.494 e. The second-order valence-corrected chi connectivity index (χ2v) is 3.84. The first-order chi connectivity index (χ1) is 8.83. The third-order valence-corrected chi connectivity index (χ3v) is 2.57. The molecule has 90 valence electrons. The van der Waals surface area contributed by atoms with Gasteiger partial charge in [0.25, 0.3) is 0 Å². The molecule has 0 N–H and O–H groups in total. The molecule has 0 aliphatic carbocycles. The van der Waals surface area contributed by atoms with Gasteiger partial charge in [-0.05, 0) is 48.9 Å². The molecule has 0 bridgehead atoms. The highest BCUT2D eigenvalue weighted by atomic mass is 16.5. The van der Waals surface area contributed by atoms with Crippen LogP contribution >= 0.6 is 0 Å². The third kappa shape index (κ3) is 2.86. The van der Waals surface area contributed by atoms with Gasteiger partial charge in [-0.3, -0.25) is 4.98 Å². The molecule has 1 heterocycles. The maximum absolute atomic E-state index is 8.69. The van der Waals surface area contributed by atoms with Crippen molar-refractivity contribution in [2.24, 2.45) is 0 Å². The van der Waals surface area contributed by atoms with Gasteiger partial charge in [-0.1, -0.05) is 0 Å². The van der Waals surface area contributed by atoms with Gasteiger partial charge in [0, 0.05) is 11.8 Å². The average Bonchev–Trinajstić information content (AvgIpc) is 2.41. The number of hydrogen-bond donors (Lipinski definition) is 0. The lowest BCUT2D eigenvalue weighted by Crippen LogP contribution is -1.91. The number of ether oxygens (including phenoxy) is 1. The first-order valence-electron chi connectivity index (χ1n) is 5.88. The molecule has 3 heteroatoms. The molecule has 1 aromatic heterocycles. The van der Waals surface area contributed by atoms with E-state index in [1.165, 1.54) is 0 Å². The third-order valence-electron chi connectivity index (χ3n) is 2.57. The summed E-state index contributed by atoms with van der Waals surface area (Å²) < 4.78 is 5.40. The zero-order chi connectivity index (χ0) is 12.8. The van der Waals surface area contributed by atoms with Gasteiger partial charge in [0.1, 0.15) is 5.75 Å². The summed E-state index contributed by atoms with van der Waals surface area (Å²) in [5.74, 6) is 0.856. The molecule has 0 amide bonds. The van der Waals surface area contributed by atoms with Gasteiger partial charge in [0.15, 0.2) is 0 Å². The van der Waals surface area contributed by atoms with E-state index in [0.717, 1.165) is 22.6 Å². The maximum atomic E-state index is 8.69. The first kappa shape index (κ1) is 12.1. The highest BCUT2D eigenvalue weighted by Crippen LogP contribution is 2.21. The fourth-order valence-electron chi connectivity index (χ4n) is 1.72. The van der Waals surface area contributed by atoms with Crippen molar-refractivity contribution in [2.75, 3.05) is 6.61 Å². The Morgan fingerprint density at radius 3 is 2.67 bits per heavy atom. The highest BCUT2D eigenvalue weighted by Gasteiger charge is 2.01. The van der Waals surface area contributed by atoms with Crippen LogP contribution in [0.1, 0.15) is 12.5 Å². The minimum absolute atomic E-state index is 0.409. The number of pyridine rings is 1. The van der Waals surface area contributed by atoms with Crippen LogP contribution in [0.5, 0.6) is 5.75 Å². The van der Waals surface area contributed by atoms with Gasteiger partial charge < -0.3 is 4.74 Å². The summed E-state index contributed by atoms with van der Waals surface area (Å²) in [6, 6.07) is 13.8. The van der Waals surface area contributed by atoms with Crippen LogP contribution in [0.2, 0.25) is 0 Å². The van der Waals surface area contributed by atoms with E-state index in [0.29, 0.717) is 13.0 Å². The molecule has 2 aromatic rings. The Hall–Kier alpha value is -2.34. The zero-order valence-corrected chi connectivity index (χ0v) is 10.3. The fraction of sp³-hybridized carbons (Fsp3) is 0.200. The van der Waals surface area contributed by atoms with Crippen molar-refractivity contribution in [1.29, 1.82) is 5.26 Å². The molecular weight excluding hydrogens is 224 g/mol. The summed E-state index contributed by atoms with van der Waals surface area (Å²) in [6.07, 6.45) is 2.14. The normalized spacial score (nSPS) is 9.78. The lowest BCUT2D eigenvalue weighted by atomic mass is 10.1. The molecule has 0 radical (unpaired) electrons. The Kier molecular flexibility index (Phi) is 3.93. The van der Waals surface area contributed by atoms with Crippen LogP contribution in [-0.4, -0.2) is 11.6 Å². The van der Waals surface area contributed by atoms with E-state index in [2.05, 4.69) is 11.1 Å². The van der Waals surface area contributed by atoms with Gasteiger partial charge in [-0.2, -0.15) is 5.26 Å². The number of nitriles is 1. The number of nitrogens with zero attached hydrogens (tertiary/aromatic N) is 2. The summed E-state index contributed by atoms with van der Waals surface area (Å²) in [4.78, 5) is 4.32. The van der Waals surface area contributed by atoms with Gasteiger partial charge in [-0.15, -0.1) is 0 Å². The number of rotatable bonds is 4. The lowest BCUT2D eigenvalue weighted by Gasteiger charge is -2.05. The molecule has 0 saturated carbocycles. The van der Waals surface area contributed by atoms with Crippen LogP contribution in [-0.2, 0) is 6.42 Å². The average molecular weight is 238 g/mol. The van der Waals surface area contributed by atoms with E-state index in [1.54, 1.807) is 6.20 Å². The monoisotopic (exact) mass is 238 g/mol. The Morgan fingerprint density at radius 1 is 1.22 bits per heavy atom. The zero-order valence-electron chi connectivity index (χ0n) is 10.3. The lowest BCUT2D eigenvalue weighted by molar-refractivity contribution is 0.340. The predicted molar refractivity (Wildman–Crippen MR) is 70.2 cm³/mol. The minimum atomic E-state index is 0.409. The van der Waals surface area contributed by atoms with E-state index in [1.807, 2.05) is 43.3 Å². The summed E-state index contributed by atoms with van der Waals surface area (Å²) in [6.45, 7) is 2.62. The van der Waals surface area contributed by atoms with Crippen molar-refractivity contribution in [1.82, 2.24) is 4.98 Å². The van der Waals surface area contributed by atoms with E-state index in [-0.39, 0.29) is 0 Å². The van der Waals surface area contributed by atoms with Crippen LogP contribution in [0, 0.1) is 11.3 Å². The molecule has 0 fully saturated rings. The Labute approximate surface area is 107 Å². The van der Waals surface area contributed by atoms with Crippen LogP contribution in [0.3, 0.4) is 0 Å².